The van der Waals surface area contributed by atoms with Crippen LogP contribution in [0.15, 0.2) is 54.6 Å². The maximum absolute atomic E-state index is 3.60. The molecule has 1 atom stereocenters. The Labute approximate surface area is 129 Å². The van der Waals surface area contributed by atoms with Gasteiger partial charge in [-0.3, -0.25) is 0 Å². The van der Waals surface area contributed by atoms with E-state index >= 15 is 0 Å². The predicted molar refractivity (Wildman–Crippen MR) is 93.7 cm³/mol. The molecule has 0 aliphatic heterocycles. The topological polar surface area (TPSA) is 12.0 Å². The van der Waals surface area contributed by atoms with Crippen molar-refractivity contribution in [2.45, 2.75) is 52.0 Å². The quantitative estimate of drug-likeness (QED) is 0.574. The van der Waals surface area contributed by atoms with E-state index < -0.39 is 0 Å². The van der Waals surface area contributed by atoms with E-state index in [1.54, 1.807) is 0 Å². The highest BCUT2D eigenvalue weighted by molar-refractivity contribution is 5.65. The van der Waals surface area contributed by atoms with Gasteiger partial charge in [0.25, 0.3) is 0 Å². The zero-order valence-electron chi connectivity index (χ0n) is 13.3. The normalized spacial score (nSPS) is 12.1. The van der Waals surface area contributed by atoms with Crippen LogP contribution < -0.4 is 5.32 Å². The average Bonchev–Trinajstić information content (AvgIpc) is 2.53. The first kappa shape index (κ1) is 15.6. The van der Waals surface area contributed by atoms with Crippen molar-refractivity contribution in [1.29, 1.82) is 0 Å². The molecule has 112 valence electrons. The van der Waals surface area contributed by atoms with E-state index in [2.05, 4.69) is 73.8 Å². The van der Waals surface area contributed by atoms with Crippen molar-refractivity contribution in [3.63, 3.8) is 0 Å². The lowest BCUT2D eigenvalue weighted by Gasteiger charge is -2.15. The molecule has 0 amide bonds. The third-order valence-electron chi connectivity index (χ3n) is 3.90. The number of benzene rings is 2. The fourth-order valence-corrected chi connectivity index (χ4v) is 2.62. The molecule has 2 aromatic rings. The SMILES string of the molecule is CCCCCCC(C)Nc1ccc(-c2ccccc2)cc1. The van der Waals surface area contributed by atoms with Gasteiger partial charge in [0.15, 0.2) is 0 Å². The highest BCUT2D eigenvalue weighted by Crippen LogP contribution is 2.21. The Balaban J connectivity index is 1.85. The van der Waals surface area contributed by atoms with Crippen molar-refractivity contribution in [1.82, 2.24) is 0 Å². The number of unbranched alkanes of at least 4 members (excludes halogenated alkanes) is 3. The van der Waals surface area contributed by atoms with Crippen LogP contribution >= 0.6 is 0 Å². The summed E-state index contributed by atoms with van der Waals surface area (Å²) < 4.78 is 0. The third kappa shape index (κ3) is 5.26. The maximum Gasteiger partial charge on any atom is 0.0342 e. The smallest absolute Gasteiger partial charge is 0.0342 e. The minimum atomic E-state index is 0.546. The van der Waals surface area contributed by atoms with Crippen LogP contribution in [0.25, 0.3) is 11.1 Å². The molecule has 1 N–H and O–H groups in total. The molecule has 2 aromatic carbocycles. The largest absolute Gasteiger partial charge is 0.383 e. The molecule has 0 aliphatic rings. The van der Waals surface area contributed by atoms with Gasteiger partial charge in [0, 0.05) is 11.7 Å². The Hall–Kier alpha value is -1.76. The van der Waals surface area contributed by atoms with Crippen LogP contribution in [0.2, 0.25) is 0 Å². The Morgan fingerprint density at radius 3 is 2.14 bits per heavy atom. The van der Waals surface area contributed by atoms with Gasteiger partial charge >= 0.3 is 0 Å². The maximum atomic E-state index is 3.60. The highest BCUT2D eigenvalue weighted by Gasteiger charge is 2.02. The summed E-state index contributed by atoms with van der Waals surface area (Å²) in [6.07, 6.45) is 6.60. The van der Waals surface area contributed by atoms with E-state index in [4.69, 9.17) is 0 Å². The summed E-state index contributed by atoms with van der Waals surface area (Å²) in [7, 11) is 0. The fourth-order valence-electron chi connectivity index (χ4n) is 2.62. The number of hydrogen-bond acceptors (Lipinski definition) is 1. The van der Waals surface area contributed by atoms with Gasteiger partial charge in [-0.05, 0) is 36.6 Å². The summed E-state index contributed by atoms with van der Waals surface area (Å²) in [5.41, 5.74) is 3.77. The monoisotopic (exact) mass is 281 g/mol. The Morgan fingerprint density at radius 2 is 1.48 bits per heavy atom. The summed E-state index contributed by atoms with van der Waals surface area (Å²) in [6, 6.07) is 19.8. The Bertz CT molecular complexity index is 501. The van der Waals surface area contributed by atoms with Crippen LogP contribution in [-0.2, 0) is 0 Å². The molecule has 0 radical (unpaired) electrons. The van der Waals surface area contributed by atoms with E-state index in [0.717, 1.165) is 0 Å². The van der Waals surface area contributed by atoms with Gasteiger partial charge in [0.2, 0.25) is 0 Å². The zero-order valence-corrected chi connectivity index (χ0v) is 13.3. The molecule has 1 nitrogen and oxygen atoms in total. The molecule has 21 heavy (non-hydrogen) atoms. The third-order valence-corrected chi connectivity index (χ3v) is 3.90. The van der Waals surface area contributed by atoms with Crippen molar-refractivity contribution in [2.24, 2.45) is 0 Å². The van der Waals surface area contributed by atoms with E-state index in [9.17, 15) is 0 Å². The lowest BCUT2D eigenvalue weighted by Crippen LogP contribution is -2.14. The molecular formula is C20H27N. The van der Waals surface area contributed by atoms with Crippen LogP contribution in [0.1, 0.15) is 46.0 Å². The Morgan fingerprint density at radius 1 is 0.810 bits per heavy atom. The first-order chi connectivity index (χ1) is 10.3. The number of nitrogens with one attached hydrogen (secondary N) is 1. The Kier molecular flexibility index (Phi) is 6.33. The molecule has 0 saturated heterocycles. The van der Waals surface area contributed by atoms with Gasteiger partial charge in [-0.25, -0.2) is 0 Å². The van der Waals surface area contributed by atoms with E-state index in [1.807, 2.05) is 0 Å². The lowest BCUT2D eigenvalue weighted by atomic mass is 10.0. The van der Waals surface area contributed by atoms with Crippen LogP contribution in [-0.4, -0.2) is 6.04 Å². The first-order valence-electron chi connectivity index (χ1n) is 8.21. The summed E-state index contributed by atoms with van der Waals surface area (Å²) >= 11 is 0. The minimum Gasteiger partial charge on any atom is -0.383 e. The lowest BCUT2D eigenvalue weighted by molar-refractivity contribution is 0.594. The molecule has 0 heterocycles. The van der Waals surface area contributed by atoms with Gasteiger partial charge in [0.05, 0.1) is 0 Å². The molecule has 0 aliphatic carbocycles. The van der Waals surface area contributed by atoms with Crippen LogP contribution in [0.5, 0.6) is 0 Å². The fraction of sp³-hybridized carbons (Fsp3) is 0.400. The second-order valence-electron chi connectivity index (χ2n) is 5.84. The number of anilines is 1. The molecule has 0 fully saturated rings. The summed E-state index contributed by atoms with van der Waals surface area (Å²) in [5.74, 6) is 0. The van der Waals surface area contributed by atoms with Crippen molar-refractivity contribution in [2.75, 3.05) is 5.32 Å². The van der Waals surface area contributed by atoms with Crippen LogP contribution in [0.3, 0.4) is 0 Å². The number of hydrogen-bond donors (Lipinski definition) is 1. The number of rotatable bonds is 8. The summed E-state index contributed by atoms with van der Waals surface area (Å²) in [6.45, 7) is 4.53. The van der Waals surface area contributed by atoms with Gasteiger partial charge < -0.3 is 5.32 Å². The second kappa shape index (κ2) is 8.51. The summed E-state index contributed by atoms with van der Waals surface area (Å²) in [5, 5.41) is 3.60. The molecular weight excluding hydrogens is 254 g/mol. The van der Waals surface area contributed by atoms with Crippen molar-refractivity contribution < 1.29 is 0 Å². The standard InChI is InChI=1S/C20H27N/c1-3-4-5-7-10-17(2)21-20-15-13-19(14-16-20)18-11-8-6-9-12-18/h6,8-9,11-17,21H,3-5,7,10H2,1-2H3. The van der Waals surface area contributed by atoms with E-state index in [0.29, 0.717) is 6.04 Å². The minimum absolute atomic E-state index is 0.546. The van der Waals surface area contributed by atoms with Crippen LogP contribution in [0, 0.1) is 0 Å². The molecule has 0 spiro atoms. The molecule has 0 saturated carbocycles. The van der Waals surface area contributed by atoms with Crippen molar-refractivity contribution in [3.05, 3.63) is 54.6 Å². The average molecular weight is 281 g/mol. The van der Waals surface area contributed by atoms with Gasteiger partial charge in [-0.2, -0.15) is 0 Å². The van der Waals surface area contributed by atoms with Crippen molar-refractivity contribution in [3.8, 4) is 11.1 Å². The van der Waals surface area contributed by atoms with Gasteiger partial charge in [-0.1, -0.05) is 75.1 Å². The molecule has 0 bridgehead atoms. The molecule has 0 aromatic heterocycles. The van der Waals surface area contributed by atoms with E-state index in [-0.39, 0.29) is 0 Å². The first-order valence-corrected chi connectivity index (χ1v) is 8.21. The van der Waals surface area contributed by atoms with Crippen molar-refractivity contribution >= 4 is 5.69 Å². The predicted octanol–water partition coefficient (Wildman–Crippen LogP) is 6.12. The molecule has 1 heteroatoms. The van der Waals surface area contributed by atoms with E-state index in [1.165, 1.54) is 48.9 Å². The zero-order chi connectivity index (χ0) is 14.9. The molecule has 2 rings (SSSR count). The summed E-state index contributed by atoms with van der Waals surface area (Å²) in [4.78, 5) is 0. The van der Waals surface area contributed by atoms with Gasteiger partial charge in [-0.15, -0.1) is 0 Å². The second-order valence-corrected chi connectivity index (χ2v) is 5.84. The molecule has 1 unspecified atom stereocenters. The van der Waals surface area contributed by atoms with Crippen LogP contribution in [0.4, 0.5) is 5.69 Å². The van der Waals surface area contributed by atoms with Gasteiger partial charge in [0.1, 0.15) is 0 Å². The highest BCUT2D eigenvalue weighted by atomic mass is 14.9.